The third-order valence-corrected chi connectivity index (χ3v) is 4.46. The first-order valence-electron chi connectivity index (χ1n) is 8.13. The maximum Gasteiger partial charge on any atom is 0.349 e. The fraction of sp³-hybridized carbons (Fsp3) is 0.100. The minimum Gasteiger partial charge on any atom is -0.228 e. The van der Waals surface area contributed by atoms with E-state index in [0.717, 1.165) is 0 Å². The highest BCUT2D eigenvalue weighted by Crippen LogP contribution is 2.40. The average Bonchev–Trinajstić information content (AvgIpc) is 2.98. The van der Waals surface area contributed by atoms with Crippen LogP contribution in [0.1, 0.15) is 11.3 Å². The predicted octanol–water partition coefficient (Wildman–Crippen LogP) is 5.82. The van der Waals surface area contributed by atoms with Gasteiger partial charge in [0.2, 0.25) is 0 Å². The number of aromatic nitrogens is 3. The highest BCUT2D eigenvalue weighted by molar-refractivity contribution is 6.22. The summed E-state index contributed by atoms with van der Waals surface area (Å²) in [6, 6.07) is 15.8. The smallest absolute Gasteiger partial charge is 0.228 e. The SMILES string of the molecule is Cc1nn(-c2ccccc2)c2nc(-c3ccc(F)cc3)cc(C(F)(F)Cl)c12. The summed E-state index contributed by atoms with van der Waals surface area (Å²) < 4.78 is 43.1. The largest absolute Gasteiger partial charge is 0.349 e. The van der Waals surface area contributed by atoms with Gasteiger partial charge in [-0.3, -0.25) is 0 Å². The Labute approximate surface area is 158 Å². The van der Waals surface area contributed by atoms with Crippen LogP contribution in [0.2, 0.25) is 0 Å². The molecule has 7 heteroatoms. The van der Waals surface area contributed by atoms with Crippen molar-refractivity contribution < 1.29 is 13.2 Å². The summed E-state index contributed by atoms with van der Waals surface area (Å²) in [5, 5.41) is 0.978. The first-order chi connectivity index (χ1) is 12.8. The summed E-state index contributed by atoms with van der Waals surface area (Å²) in [4.78, 5) is 4.53. The molecule has 136 valence electrons. The summed E-state index contributed by atoms with van der Waals surface area (Å²) >= 11 is 5.39. The van der Waals surface area contributed by atoms with Gasteiger partial charge in [0, 0.05) is 5.56 Å². The maximum atomic E-state index is 14.2. The van der Waals surface area contributed by atoms with Crippen LogP contribution < -0.4 is 0 Å². The number of benzene rings is 2. The normalized spacial score (nSPS) is 11.9. The molecule has 2 aromatic carbocycles. The Kier molecular flexibility index (Phi) is 4.15. The number of nitrogens with zero attached hydrogens (tertiary/aromatic N) is 3. The Morgan fingerprint density at radius 3 is 2.30 bits per heavy atom. The summed E-state index contributed by atoms with van der Waals surface area (Å²) in [7, 11) is 0. The van der Waals surface area contributed by atoms with Gasteiger partial charge in [-0.1, -0.05) is 18.2 Å². The number of para-hydroxylation sites is 1. The van der Waals surface area contributed by atoms with Crippen molar-refractivity contribution in [2.75, 3.05) is 0 Å². The Balaban J connectivity index is 2.06. The van der Waals surface area contributed by atoms with Crippen molar-refractivity contribution in [1.82, 2.24) is 14.8 Å². The van der Waals surface area contributed by atoms with E-state index >= 15 is 0 Å². The van der Waals surface area contributed by atoms with Crippen LogP contribution in [0.15, 0.2) is 60.7 Å². The van der Waals surface area contributed by atoms with Crippen molar-refractivity contribution in [2.24, 2.45) is 0 Å². The number of rotatable bonds is 3. The summed E-state index contributed by atoms with van der Waals surface area (Å²) in [6.07, 6.45) is 0. The van der Waals surface area contributed by atoms with E-state index in [-0.39, 0.29) is 22.3 Å². The van der Waals surface area contributed by atoms with E-state index in [1.165, 1.54) is 35.0 Å². The van der Waals surface area contributed by atoms with E-state index in [1.54, 1.807) is 19.1 Å². The molecule has 2 aromatic heterocycles. The van der Waals surface area contributed by atoms with Gasteiger partial charge in [0.25, 0.3) is 0 Å². The van der Waals surface area contributed by atoms with Gasteiger partial charge in [-0.25, -0.2) is 14.1 Å². The zero-order valence-corrected chi connectivity index (χ0v) is 14.9. The van der Waals surface area contributed by atoms with E-state index in [9.17, 15) is 13.2 Å². The molecule has 0 bridgehead atoms. The fourth-order valence-electron chi connectivity index (χ4n) is 3.03. The lowest BCUT2D eigenvalue weighted by molar-refractivity contribution is 0.0968. The van der Waals surface area contributed by atoms with Gasteiger partial charge in [-0.2, -0.15) is 13.9 Å². The van der Waals surface area contributed by atoms with Crippen molar-refractivity contribution >= 4 is 22.6 Å². The summed E-state index contributed by atoms with van der Waals surface area (Å²) in [5.41, 5.74) is 1.71. The molecule has 0 N–H and O–H groups in total. The third-order valence-electron chi connectivity index (χ3n) is 4.26. The Morgan fingerprint density at radius 1 is 1.00 bits per heavy atom. The van der Waals surface area contributed by atoms with Crippen molar-refractivity contribution in [1.29, 1.82) is 0 Å². The minimum atomic E-state index is -3.61. The number of hydrogen-bond acceptors (Lipinski definition) is 2. The molecule has 0 amide bonds. The molecule has 0 spiro atoms. The van der Waals surface area contributed by atoms with Gasteiger partial charge >= 0.3 is 5.38 Å². The molecule has 0 atom stereocenters. The standard InChI is InChI=1S/C20H13ClF3N3/c1-12-18-16(20(21,23)24)11-17(13-7-9-14(22)10-8-13)25-19(18)27(26-12)15-5-3-2-4-6-15/h2-11H,1H3. The minimum absolute atomic E-state index is 0.199. The van der Waals surface area contributed by atoms with Crippen molar-refractivity contribution in [3.63, 3.8) is 0 Å². The molecule has 4 rings (SSSR count). The van der Waals surface area contributed by atoms with E-state index in [0.29, 0.717) is 16.9 Å². The molecule has 0 aliphatic heterocycles. The molecule has 0 saturated carbocycles. The van der Waals surface area contributed by atoms with Crippen LogP contribution >= 0.6 is 11.6 Å². The lowest BCUT2D eigenvalue weighted by Crippen LogP contribution is -2.06. The second-order valence-electron chi connectivity index (χ2n) is 6.09. The monoisotopic (exact) mass is 387 g/mol. The van der Waals surface area contributed by atoms with E-state index in [4.69, 9.17) is 11.6 Å². The predicted molar refractivity (Wildman–Crippen MR) is 98.7 cm³/mol. The van der Waals surface area contributed by atoms with Crippen LogP contribution in [0.3, 0.4) is 0 Å². The highest BCUT2D eigenvalue weighted by atomic mass is 35.5. The number of fused-ring (bicyclic) bond motifs is 1. The van der Waals surface area contributed by atoms with Gasteiger partial charge in [-0.05, 0) is 61.0 Å². The second-order valence-corrected chi connectivity index (χ2v) is 6.57. The number of hydrogen-bond donors (Lipinski definition) is 0. The molecule has 2 heterocycles. The van der Waals surface area contributed by atoms with Crippen LogP contribution in [-0.2, 0) is 5.38 Å². The van der Waals surface area contributed by atoms with Crippen LogP contribution in [-0.4, -0.2) is 14.8 Å². The highest BCUT2D eigenvalue weighted by Gasteiger charge is 2.33. The van der Waals surface area contributed by atoms with E-state index in [1.807, 2.05) is 18.2 Å². The number of aryl methyl sites for hydroxylation is 1. The fourth-order valence-corrected chi connectivity index (χ4v) is 3.18. The molecule has 4 aromatic rings. The van der Waals surface area contributed by atoms with Crippen LogP contribution in [0, 0.1) is 12.7 Å². The lowest BCUT2D eigenvalue weighted by atomic mass is 10.1. The van der Waals surface area contributed by atoms with E-state index in [2.05, 4.69) is 10.1 Å². The van der Waals surface area contributed by atoms with Gasteiger partial charge in [0.1, 0.15) is 5.82 Å². The van der Waals surface area contributed by atoms with Crippen molar-refractivity contribution in [2.45, 2.75) is 12.3 Å². The van der Waals surface area contributed by atoms with Crippen molar-refractivity contribution in [3.8, 4) is 16.9 Å². The molecule has 0 radical (unpaired) electrons. The maximum absolute atomic E-state index is 14.2. The first-order valence-corrected chi connectivity index (χ1v) is 8.51. The van der Waals surface area contributed by atoms with Crippen molar-refractivity contribution in [3.05, 3.63) is 77.7 Å². The van der Waals surface area contributed by atoms with Crippen LogP contribution in [0.5, 0.6) is 0 Å². The van der Waals surface area contributed by atoms with Gasteiger partial charge < -0.3 is 0 Å². The number of pyridine rings is 1. The third kappa shape index (κ3) is 3.17. The lowest BCUT2D eigenvalue weighted by Gasteiger charge is -2.13. The number of alkyl halides is 3. The molecule has 0 aliphatic rings. The Hall–Kier alpha value is -2.86. The molecular weight excluding hydrogens is 375 g/mol. The average molecular weight is 388 g/mol. The Morgan fingerprint density at radius 2 is 1.67 bits per heavy atom. The molecule has 0 aliphatic carbocycles. The zero-order chi connectivity index (χ0) is 19.2. The molecular formula is C20H13ClF3N3. The van der Waals surface area contributed by atoms with Crippen LogP contribution in [0.4, 0.5) is 13.2 Å². The molecule has 27 heavy (non-hydrogen) atoms. The zero-order valence-electron chi connectivity index (χ0n) is 14.1. The molecule has 0 fully saturated rings. The second kappa shape index (κ2) is 6.39. The number of halogens is 4. The van der Waals surface area contributed by atoms with Gasteiger partial charge in [0.05, 0.1) is 28.0 Å². The molecule has 0 saturated heterocycles. The Bertz CT molecular complexity index is 1120. The van der Waals surface area contributed by atoms with Gasteiger partial charge in [0.15, 0.2) is 5.65 Å². The van der Waals surface area contributed by atoms with Gasteiger partial charge in [-0.15, -0.1) is 0 Å². The summed E-state index contributed by atoms with van der Waals surface area (Å²) in [6.45, 7) is 1.63. The summed E-state index contributed by atoms with van der Waals surface area (Å²) in [5.74, 6) is -0.423. The van der Waals surface area contributed by atoms with Crippen LogP contribution in [0.25, 0.3) is 28.0 Å². The first kappa shape index (κ1) is 17.5. The molecule has 0 unspecified atom stereocenters. The quantitative estimate of drug-likeness (QED) is 0.414. The topological polar surface area (TPSA) is 30.7 Å². The van der Waals surface area contributed by atoms with E-state index < -0.39 is 11.2 Å². The molecule has 3 nitrogen and oxygen atoms in total.